The third-order valence-electron chi connectivity index (χ3n) is 4.67. The summed E-state index contributed by atoms with van der Waals surface area (Å²) in [6.07, 6.45) is 11.2. The average Bonchev–Trinajstić information content (AvgIpc) is 2.23. The van der Waals surface area contributed by atoms with Gasteiger partial charge >= 0.3 is 0 Å². The van der Waals surface area contributed by atoms with Gasteiger partial charge < -0.3 is 0 Å². The Labute approximate surface area is 117 Å². The van der Waals surface area contributed by atoms with Gasteiger partial charge in [-0.25, -0.2) is 0 Å². The Hall–Kier alpha value is 0. The Bertz CT molecular complexity index is 197. The summed E-state index contributed by atoms with van der Waals surface area (Å²) < 4.78 is 0. The van der Waals surface area contributed by atoms with Gasteiger partial charge in [0.05, 0.1) is 0 Å². The molecule has 0 radical (unpaired) electrons. The molecule has 0 aliphatic heterocycles. The number of rotatable bonds is 9. The molecule has 0 saturated carbocycles. The Balaban J connectivity index is 4.03. The highest BCUT2D eigenvalue weighted by Crippen LogP contribution is 2.38. The van der Waals surface area contributed by atoms with E-state index in [1.165, 1.54) is 51.4 Å². The first-order valence-corrected chi connectivity index (χ1v) is 8.21. The minimum Gasteiger partial charge on any atom is -0.0654 e. The molecule has 18 heavy (non-hydrogen) atoms. The second-order valence-corrected chi connectivity index (χ2v) is 8.03. The average molecular weight is 255 g/mol. The van der Waals surface area contributed by atoms with Crippen molar-refractivity contribution in [3.8, 4) is 0 Å². The molecule has 1 atom stereocenters. The second-order valence-electron chi connectivity index (χ2n) is 8.03. The number of hydrogen-bond acceptors (Lipinski definition) is 0. The van der Waals surface area contributed by atoms with E-state index in [1.54, 1.807) is 0 Å². The lowest BCUT2D eigenvalue weighted by molar-refractivity contribution is 0.166. The molecule has 0 aliphatic carbocycles. The molecule has 0 aromatic rings. The van der Waals surface area contributed by atoms with Crippen LogP contribution in [0.1, 0.15) is 99.8 Å². The van der Waals surface area contributed by atoms with Crippen molar-refractivity contribution in [2.24, 2.45) is 16.7 Å². The van der Waals surface area contributed by atoms with Crippen LogP contribution in [-0.2, 0) is 0 Å². The molecule has 110 valence electrons. The topological polar surface area (TPSA) is 0 Å². The van der Waals surface area contributed by atoms with Crippen LogP contribution in [0.15, 0.2) is 0 Å². The molecular formula is C18H38. The number of hydrogen-bond donors (Lipinski definition) is 0. The van der Waals surface area contributed by atoms with Crippen molar-refractivity contribution in [2.45, 2.75) is 99.8 Å². The lowest BCUT2D eigenvalue weighted by Gasteiger charge is -2.34. The highest BCUT2D eigenvalue weighted by Gasteiger charge is 2.27. The molecule has 1 unspecified atom stereocenters. The van der Waals surface area contributed by atoms with Crippen LogP contribution < -0.4 is 0 Å². The summed E-state index contributed by atoms with van der Waals surface area (Å²) >= 11 is 0. The maximum absolute atomic E-state index is 2.52. The van der Waals surface area contributed by atoms with Crippen LogP contribution >= 0.6 is 0 Å². The first-order valence-electron chi connectivity index (χ1n) is 8.21. The SMILES string of the molecule is CCCCCC(C)(CCCCC(C)(C)C)C(C)C. The molecule has 0 fully saturated rings. The van der Waals surface area contributed by atoms with E-state index < -0.39 is 0 Å². The Kier molecular flexibility index (Phi) is 8.23. The summed E-state index contributed by atoms with van der Waals surface area (Å²) in [5.41, 5.74) is 1.09. The molecular weight excluding hydrogens is 216 g/mol. The van der Waals surface area contributed by atoms with Gasteiger partial charge in [-0.3, -0.25) is 0 Å². The minimum absolute atomic E-state index is 0.510. The van der Waals surface area contributed by atoms with Crippen LogP contribution in [0.25, 0.3) is 0 Å². The standard InChI is InChI=1S/C18H38/c1-8-9-10-14-18(7,16(2)3)15-12-11-13-17(4,5)6/h16H,8-15H2,1-7H3. The van der Waals surface area contributed by atoms with Crippen LogP contribution in [0, 0.1) is 16.7 Å². The van der Waals surface area contributed by atoms with Gasteiger partial charge in [0.15, 0.2) is 0 Å². The summed E-state index contributed by atoms with van der Waals surface area (Å²) in [5.74, 6) is 0.823. The molecule has 0 aliphatic rings. The molecule has 0 saturated heterocycles. The molecule has 0 spiro atoms. The third-order valence-corrected chi connectivity index (χ3v) is 4.67. The van der Waals surface area contributed by atoms with Crippen molar-refractivity contribution >= 4 is 0 Å². The molecule has 0 heterocycles. The summed E-state index contributed by atoms with van der Waals surface area (Å²) in [5, 5.41) is 0. The second kappa shape index (κ2) is 8.23. The molecule has 0 bridgehead atoms. The smallest absolute Gasteiger partial charge is 0.0303 e. The Morgan fingerprint density at radius 1 is 0.722 bits per heavy atom. The molecule has 0 aromatic carbocycles. The van der Waals surface area contributed by atoms with Crippen LogP contribution in [0.4, 0.5) is 0 Å². The zero-order valence-electron chi connectivity index (χ0n) is 14.2. The van der Waals surface area contributed by atoms with Gasteiger partial charge in [0.2, 0.25) is 0 Å². The van der Waals surface area contributed by atoms with Crippen LogP contribution in [-0.4, -0.2) is 0 Å². The summed E-state index contributed by atoms with van der Waals surface area (Å²) in [7, 11) is 0. The first-order chi connectivity index (χ1) is 8.21. The predicted molar refractivity (Wildman–Crippen MR) is 85.0 cm³/mol. The summed E-state index contributed by atoms with van der Waals surface area (Å²) in [6.45, 7) is 16.7. The fraction of sp³-hybridized carbons (Fsp3) is 1.00. The zero-order chi connectivity index (χ0) is 14.2. The van der Waals surface area contributed by atoms with Gasteiger partial charge in [-0.15, -0.1) is 0 Å². The number of unbranched alkanes of at least 4 members (excludes halogenated alkanes) is 3. The van der Waals surface area contributed by atoms with Gasteiger partial charge in [-0.2, -0.15) is 0 Å². The Morgan fingerprint density at radius 3 is 1.56 bits per heavy atom. The maximum Gasteiger partial charge on any atom is -0.0303 e. The molecule has 0 amide bonds. The molecule has 0 rings (SSSR count). The molecule has 0 N–H and O–H groups in total. The highest BCUT2D eigenvalue weighted by atomic mass is 14.3. The van der Waals surface area contributed by atoms with Crippen molar-refractivity contribution in [3.63, 3.8) is 0 Å². The monoisotopic (exact) mass is 254 g/mol. The van der Waals surface area contributed by atoms with Gasteiger partial charge in [-0.05, 0) is 36.0 Å². The Morgan fingerprint density at radius 2 is 1.17 bits per heavy atom. The molecule has 0 nitrogen and oxygen atoms in total. The first kappa shape index (κ1) is 18.0. The van der Waals surface area contributed by atoms with E-state index in [9.17, 15) is 0 Å². The molecule has 0 aromatic heterocycles. The van der Waals surface area contributed by atoms with Gasteiger partial charge in [-0.1, -0.05) is 80.6 Å². The van der Waals surface area contributed by atoms with E-state index >= 15 is 0 Å². The van der Waals surface area contributed by atoms with Gasteiger partial charge in [0.25, 0.3) is 0 Å². The third kappa shape index (κ3) is 8.16. The van der Waals surface area contributed by atoms with Gasteiger partial charge in [0, 0.05) is 0 Å². The fourth-order valence-corrected chi connectivity index (χ4v) is 2.67. The lowest BCUT2D eigenvalue weighted by atomic mass is 9.71. The lowest BCUT2D eigenvalue weighted by Crippen LogP contribution is -2.23. The summed E-state index contributed by atoms with van der Waals surface area (Å²) in [4.78, 5) is 0. The summed E-state index contributed by atoms with van der Waals surface area (Å²) in [6, 6.07) is 0. The van der Waals surface area contributed by atoms with Crippen LogP contribution in [0.2, 0.25) is 0 Å². The van der Waals surface area contributed by atoms with E-state index in [-0.39, 0.29) is 0 Å². The van der Waals surface area contributed by atoms with E-state index in [2.05, 4.69) is 48.5 Å². The predicted octanol–water partition coefficient (Wildman–Crippen LogP) is 6.84. The van der Waals surface area contributed by atoms with E-state index in [0.717, 1.165) is 5.92 Å². The van der Waals surface area contributed by atoms with Crippen LogP contribution in [0.3, 0.4) is 0 Å². The van der Waals surface area contributed by atoms with Crippen molar-refractivity contribution in [3.05, 3.63) is 0 Å². The van der Waals surface area contributed by atoms with Crippen molar-refractivity contribution < 1.29 is 0 Å². The zero-order valence-corrected chi connectivity index (χ0v) is 14.2. The quantitative estimate of drug-likeness (QED) is 0.395. The van der Waals surface area contributed by atoms with Crippen molar-refractivity contribution in [1.29, 1.82) is 0 Å². The molecule has 0 heteroatoms. The van der Waals surface area contributed by atoms with E-state index in [0.29, 0.717) is 10.8 Å². The van der Waals surface area contributed by atoms with Crippen molar-refractivity contribution in [1.82, 2.24) is 0 Å². The minimum atomic E-state index is 0.510. The van der Waals surface area contributed by atoms with Crippen molar-refractivity contribution in [2.75, 3.05) is 0 Å². The normalized spacial score (nSPS) is 16.0. The van der Waals surface area contributed by atoms with E-state index in [4.69, 9.17) is 0 Å². The fourth-order valence-electron chi connectivity index (χ4n) is 2.67. The van der Waals surface area contributed by atoms with Crippen LogP contribution in [0.5, 0.6) is 0 Å². The highest BCUT2D eigenvalue weighted by molar-refractivity contribution is 4.78. The van der Waals surface area contributed by atoms with E-state index in [1.807, 2.05) is 0 Å². The maximum atomic E-state index is 2.52. The van der Waals surface area contributed by atoms with Gasteiger partial charge in [0.1, 0.15) is 0 Å². The largest absolute Gasteiger partial charge is 0.0654 e.